The Labute approximate surface area is 217 Å². The Morgan fingerprint density at radius 1 is 0.800 bits per heavy atom. The van der Waals surface area contributed by atoms with Crippen molar-refractivity contribution in [2.75, 3.05) is 36.4 Å². The predicted octanol–water partition coefficient (Wildman–Crippen LogP) is 6.47. The average Bonchev–Trinajstić information content (AvgIpc) is 2.89. The molecular formula is C28H23BrClN3O2. The second-order valence-corrected chi connectivity index (χ2v) is 9.67. The number of anilines is 2. The van der Waals surface area contributed by atoms with Crippen LogP contribution in [0.1, 0.15) is 20.7 Å². The van der Waals surface area contributed by atoms with Crippen molar-refractivity contribution in [3.8, 4) is 0 Å². The Hall–Kier alpha value is -3.35. The van der Waals surface area contributed by atoms with Crippen molar-refractivity contribution >= 4 is 61.5 Å². The summed E-state index contributed by atoms with van der Waals surface area (Å²) in [5.41, 5.74) is 2.83. The van der Waals surface area contributed by atoms with E-state index in [1.165, 1.54) is 0 Å². The van der Waals surface area contributed by atoms with E-state index in [1.54, 1.807) is 6.07 Å². The van der Waals surface area contributed by atoms with Crippen LogP contribution in [0, 0.1) is 0 Å². The summed E-state index contributed by atoms with van der Waals surface area (Å²) < 4.78 is 0.947. The summed E-state index contributed by atoms with van der Waals surface area (Å²) in [5, 5.41) is 5.40. The maximum atomic E-state index is 13.0. The lowest BCUT2D eigenvalue weighted by Crippen LogP contribution is -2.48. The Bertz CT molecular complexity index is 1400. The van der Waals surface area contributed by atoms with Gasteiger partial charge in [0.2, 0.25) is 0 Å². The van der Waals surface area contributed by atoms with Gasteiger partial charge in [-0.2, -0.15) is 0 Å². The van der Waals surface area contributed by atoms with Gasteiger partial charge < -0.3 is 15.1 Å². The van der Waals surface area contributed by atoms with Crippen LogP contribution < -0.4 is 10.2 Å². The topological polar surface area (TPSA) is 52.7 Å². The maximum absolute atomic E-state index is 13.0. The minimum atomic E-state index is -0.189. The number of carbonyl (C=O) groups is 2. The Kier molecular flexibility index (Phi) is 6.75. The summed E-state index contributed by atoms with van der Waals surface area (Å²) in [6, 6.07) is 26.4. The fraction of sp³-hybridized carbons (Fsp3) is 0.143. The van der Waals surface area contributed by atoms with Gasteiger partial charge in [0.25, 0.3) is 11.8 Å². The summed E-state index contributed by atoms with van der Waals surface area (Å²) >= 11 is 10.2. The SMILES string of the molecule is O=C(Nc1ccc(N2CCN(C(=O)c3ccccc3)CC2)c(Cl)c1)c1cccc2c(Br)cccc12. The Morgan fingerprint density at radius 3 is 2.26 bits per heavy atom. The Morgan fingerprint density at radius 2 is 1.51 bits per heavy atom. The van der Waals surface area contributed by atoms with Crippen molar-refractivity contribution in [2.24, 2.45) is 0 Å². The number of nitrogens with zero attached hydrogens (tertiary/aromatic N) is 2. The lowest BCUT2D eigenvalue weighted by atomic mass is 10.0. The number of amides is 2. The minimum absolute atomic E-state index is 0.0508. The molecule has 5 nitrogen and oxygen atoms in total. The van der Waals surface area contributed by atoms with E-state index >= 15 is 0 Å². The molecule has 0 aromatic heterocycles. The summed E-state index contributed by atoms with van der Waals surface area (Å²) in [4.78, 5) is 29.8. The quantitative estimate of drug-likeness (QED) is 0.318. The van der Waals surface area contributed by atoms with Crippen molar-refractivity contribution < 1.29 is 9.59 Å². The van der Waals surface area contributed by atoms with Crippen LogP contribution in [0.4, 0.5) is 11.4 Å². The molecular weight excluding hydrogens is 526 g/mol. The van der Waals surface area contributed by atoms with E-state index in [0.29, 0.717) is 48.0 Å². The fourth-order valence-electron chi connectivity index (χ4n) is 4.42. The van der Waals surface area contributed by atoms with E-state index in [0.717, 1.165) is 20.9 Å². The highest BCUT2D eigenvalue weighted by atomic mass is 79.9. The summed E-state index contributed by atoms with van der Waals surface area (Å²) in [6.07, 6.45) is 0. The molecule has 0 aliphatic carbocycles. The molecule has 0 saturated carbocycles. The third-order valence-electron chi connectivity index (χ3n) is 6.25. The molecule has 0 bridgehead atoms. The lowest BCUT2D eigenvalue weighted by molar-refractivity contribution is 0.0746. The molecule has 1 saturated heterocycles. The standard InChI is InChI=1S/C28H23BrClN3O2/c29-24-11-5-8-21-22(24)9-4-10-23(21)27(34)31-20-12-13-26(25(30)18-20)32-14-16-33(17-15-32)28(35)19-6-2-1-3-7-19/h1-13,18H,14-17H2,(H,31,34). The van der Waals surface area contributed by atoms with Gasteiger partial charge in [0.15, 0.2) is 0 Å². The summed E-state index contributed by atoms with van der Waals surface area (Å²) in [7, 11) is 0. The molecule has 35 heavy (non-hydrogen) atoms. The zero-order valence-electron chi connectivity index (χ0n) is 18.9. The van der Waals surface area contributed by atoms with Crippen molar-refractivity contribution in [3.63, 3.8) is 0 Å². The molecule has 0 spiro atoms. The first-order chi connectivity index (χ1) is 17.0. The fourth-order valence-corrected chi connectivity index (χ4v) is 5.22. The second-order valence-electron chi connectivity index (χ2n) is 8.41. The number of rotatable bonds is 4. The number of halogens is 2. The molecule has 1 fully saturated rings. The van der Waals surface area contributed by atoms with E-state index in [1.807, 2.05) is 83.8 Å². The maximum Gasteiger partial charge on any atom is 0.256 e. The zero-order valence-corrected chi connectivity index (χ0v) is 21.2. The van der Waals surface area contributed by atoms with Crippen LogP contribution in [0.2, 0.25) is 5.02 Å². The molecule has 4 aromatic rings. The van der Waals surface area contributed by atoms with Gasteiger partial charge in [-0.25, -0.2) is 0 Å². The molecule has 0 atom stereocenters. The van der Waals surface area contributed by atoms with Crippen molar-refractivity contribution in [1.29, 1.82) is 0 Å². The van der Waals surface area contributed by atoms with Gasteiger partial charge in [-0.1, -0.05) is 70.0 Å². The predicted molar refractivity (Wildman–Crippen MR) is 146 cm³/mol. The molecule has 1 aliphatic rings. The molecule has 5 rings (SSSR count). The van der Waals surface area contributed by atoms with Crippen LogP contribution in [-0.4, -0.2) is 42.9 Å². The van der Waals surface area contributed by atoms with Gasteiger partial charge in [0, 0.05) is 47.5 Å². The van der Waals surface area contributed by atoms with Crippen molar-refractivity contribution in [3.05, 3.63) is 106 Å². The number of benzene rings is 4. The number of fused-ring (bicyclic) bond motifs is 1. The van der Waals surface area contributed by atoms with E-state index in [4.69, 9.17) is 11.6 Å². The highest BCUT2D eigenvalue weighted by Gasteiger charge is 2.23. The number of piperazine rings is 1. The number of carbonyl (C=O) groups excluding carboxylic acids is 2. The highest BCUT2D eigenvalue weighted by molar-refractivity contribution is 9.10. The van der Waals surface area contributed by atoms with Crippen LogP contribution in [0.25, 0.3) is 10.8 Å². The number of hydrogen-bond acceptors (Lipinski definition) is 3. The third kappa shape index (κ3) is 4.90. The number of hydrogen-bond donors (Lipinski definition) is 1. The van der Waals surface area contributed by atoms with Gasteiger partial charge in [-0.15, -0.1) is 0 Å². The van der Waals surface area contributed by atoms with Gasteiger partial charge in [-0.05, 0) is 53.2 Å². The first-order valence-corrected chi connectivity index (χ1v) is 12.6. The van der Waals surface area contributed by atoms with E-state index in [9.17, 15) is 9.59 Å². The average molecular weight is 549 g/mol. The van der Waals surface area contributed by atoms with Gasteiger partial charge >= 0.3 is 0 Å². The smallest absolute Gasteiger partial charge is 0.256 e. The zero-order chi connectivity index (χ0) is 24.4. The third-order valence-corrected chi connectivity index (χ3v) is 7.24. The molecule has 0 unspecified atom stereocenters. The molecule has 176 valence electrons. The van der Waals surface area contributed by atoms with Gasteiger partial charge in [0.1, 0.15) is 0 Å². The van der Waals surface area contributed by atoms with E-state index in [2.05, 4.69) is 26.1 Å². The molecule has 2 amide bonds. The normalized spacial score (nSPS) is 13.7. The largest absolute Gasteiger partial charge is 0.367 e. The molecule has 1 N–H and O–H groups in total. The number of nitrogens with one attached hydrogen (secondary N) is 1. The molecule has 0 radical (unpaired) electrons. The van der Waals surface area contributed by atoms with Crippen LogP contribution >= 0.6 is 27.5 Å². The molecule has 4 aromatic carbocycles. The molecule has 1 aliphatic heterocycles. The van der Waals surface area contributed by atoms with Crippen molar-refractivity contribution in [2.45, 2.75) is 0 Å². The van der Waals surface area contributed by atoms with Gasteiger partial charge in [-0.3, -0.25) is 9.59 Å². The second kappa shape index (κ2) is 10.1. The monoisotopic (exact) mass is 547 g/mol. The van der Waals surface area contributed by atoms with Crippen LogP contribution in [-0.2, 0) is 0 Å². The first-order valence-electron chi connectivity index (χ1n) is 11.4. The highest BCUT2D eigenvalue weighted by Crippen LogP contribution is 2.31. The van der Waals surface area contributed by atoms with Gasteiger partial charge in [0.05, 0.1) is 10.7 Å². The first kappa shape index (κ1) is 23.4. The van der Waals surface area contributed by atoms with Crippen LogP contribution in [0.5, 0.6) is 0 Å². The lowest BCUT2D eigenvalue weighted by Gasteiger charge is -2.36. The van der Waals surface area contributed by atoms with E-state index < -0.39 is 0 Å². The van der Waals surface area contributed by atoms with E-state index in [-0.39, 0.29) is 11.8 Å². The molecule has 7 heteroatoms. The van der Waals surface area contributed by atoms with Crippen molar-refractivity contribution in [1.82, 2.24) is 4.90 Å². The minimum Gasteiger partial charge on any atom is -0.367 e. The van der Waals surface area contributed by atoms with Crippen LogP contribution in [0.3, 0.4) is 0 Å². The van der Waals surface area contributed by atoms with Crippen LogP contribution in [0.15, 0.2) is 89.4 Å². The summed E-state index contributed by atoms with van der Waals surface area (Å²) in [5.74, 6) is -0.138. The Balaban J connectivity index is 1.26. The molecule has 1 heterocycles. The summed E-state index contributed by atoms with van der Waals surface area (Å²) in [6.45, 7) is 2.63.